The lowest BCUT2D eigenvalue weighted by Crippen LogP contribution is -2.55. The molecular weight excluding hydrogens is 382 g/mol. The summed E-state index contributed by atoms with van der Waals surface area (Å²) in [7, 11) is 0. The molecule has 3 amide bonds. The van der Waals surface area contributed by atoms with Crippen LogP contribution in [-0.2, 0) is 27.4 Å². The lowest BCUT2D eigenvalue weighted by Gasteiger charge is -2.25. The molecular formula is C23H29N3O4. The molecule has 7 heteroatoms. The fourth-order valence-electron chi connectivity index (χ4n) is 2.95. The Labute approximate surface area is 177 Å². The summed E-state index contributed by atoms with van der Waals surface area (Å²) in [6, 6.07) is 16.8. The Morgan fingerprint density at radius 1 is 0.933 bits per heavy atom. The molecule has 2 rings (SSSR count). The Morgan fingerprint density at radius 3 is 2.03 bits per heavy atom. The first-order chi connectivity index (χ1) is 14.4. The molecule has 0 aliphatic rings. The van der Waals surface area contributed by atoms with Gasteiger partial charge in [0.15, 0.2) is 0 Å². The third-order valence-corrected chi connectivity index (χ3v) is 4.92. The topological polar surface area (TPSA) is 111 Å². The number of carbonyl (C=O) groups excluding carboxylic acids is 3. The van der Waals surface area contributed by atoms with E-state index in [1.54, 1.807) is 0 Å². The monoisotopic (exact) mass is 411 g/mol. The number of alkyl carbamates (subject to hydrolysis) is 1. The number of rotatable bonds is 10. The summed E-state index contributed by atoms with van der Waals surface area (Å²) < 4.78 is 5.25. The van der Waals surface area contributed by atoms with E-state index in [1.165, 1.54) is 0 Å². The Hall–Kier alpha value is -3.35. The fourth-order valence-corrected chi connectivity index (χ4v) is 2.95. The van der Waals surface area contributed by atoms with Gasteiger partial charge in [-0.2, -0.15) is 0 Å². The highest BCUT2D eigenvalue weighted by Gasteiger charge is 2.29. The Balaban J connectivity index is 2.08. The third-order valence-electron chi connectivity index (χ3n) is 4.92. The summed E-state index contributed by atoms with van der Waals surface area (Å²) in [6.45, 7) is 3.83. The predicted molar refractivity (Wildman–Crippen MR) is 114 cm³/mol. The van der Waals surface area contributed by atoms with Gasteiger partial charge in [-0.15, -0.1) is 0 Å². The van der Waals surface area contributed by atoms with Crippen LogP contribution < -0.4 is 16.4 Å². The zero-order valence-corrected chi connectivity index (χ0v) is 17.3. The summed E-state index contributed by atoms with van der Waals surface area (Å²) in [5, 5.41) is 5.29. The van der Waals surface area contributed by atoms with Gasteiger partial charge in [-0.05, 0) is 17.0 Å². The van der Waals surface area contributed by atoms with Crippen molar-refractivity contribution in [1.82, 2.24) is 10.6 Å². The number of amides is 3. The molecule has 0 radical (unpaired) electrons. The van der Waals surface area contributed by atoms with Crippen LogP contribution in [-0.4, -0.2) is 30.0 Å². The number of hydrogen-bond donors (Lipinski definition) is 3. The highest BCUT2D eigenvalue weighted by molar-refractivity contribution is 5.91. The molecule has 0 unspecified atom stereocenters. The number of hydrogen-bond acceptors (Lipinski definition) is 4. The number of ether oxygens (including phenoxy) is 1. The average molecular weight is 412 g/mol. The molecule has 30 heavy (non-hydrogen) atoms. The maximum atomic E-state index is 12.9. The van der Waals surface area contributed by atoms with Gasteiger partial charge in [0.1, 0.15) is 18.7 Å². The number of benzene rings is 2. The van der Waals surface area contributed by atoms with Crippen molar-refractivity contribution in [2.45, 2.75) is 45.4 Å². The van der Waals surface area contributed by atoms with Gasteiger partial charge < -0.3 is 21.1 Å². The van der Waals surface area contributed by atoms with Crippen molar-refractivity contribution >= 4 is 17.9 Å². The van der Waals surface area contributed by atoms with Gasteiger partial charge in [-0.3, -0.25) is 9.59 Å². The molecule has 0 fully saturated rings. The third kappa shape index (κ3) is 7.24. The molecule has 0 spiro atoms. The highest BCUT2D eigenvalue weighted by atomic mass is 16.5. The van der Waals surface area contributed by atoms with Gasteiger partial charge in [-0.1, -0.05) is 80.9 Å². The van der Waals surface area contributed by atoms with E-state index >= 15 is 0 Å². The number of primary amides is 1. The summed E-state index contributed by atoms with van der Waals surface area (Å²) >= 11 is 0. The van der Waals surface area contributed by atoms with Crippen LogP contribution in [0.5, 0.6) is 0 Å². The SMILES string of the molecule is CC[C@@H](C)[C@H](NC(=O)[C@H](Cc1ccccc1)NC(=O)OCc1ccccc1)C(N)=O. The molecule has 2 aromatic rings. The molecule has 3 atom stereocenters. The molecule has 0 heterocycles. The zero-order chi connectivity index (χ0) is 21.9. The van der Waals surface area contributed by atoms with E-state index in [9.17, 15) is 14.4 Å². The van der Waals surface area contributed by atoms with E-state index in [0.29, 0.717) is 6.42 Å². The summed E-state index contributed by atoms with van der Waals surface area (Å²) in [5.41, 5.74) is 7.16. The summed E-state index contributed by atoms with van der Waals surface area (Å²) in [6.07, 6.45) is 0.206. The van der Waals surface area contributed by atoms with E-state index in [2.05, 4.69) is 10.6 Å². The minimum atomic E-state index is -0.915. The van der Waals surface area contributed by atoms with Gasteiger partial charge in [0, 0.05) is 6.42 Å². The van der Waals surface area contributed by atoms with E-state index in [4.69, 9.17) is 10.5 Å². The summed E-state index contributed by atoms with van der Waals surface area (Å²) in [4.78, 5) is 37.0. The van der Waals surface area contributed by atoms with Gasteiger partial charge in [0.05, 0.1) is 0 Å². The highest BCUT2D eigenvalue weighted by Crippen LogP contribution is 2.10. The Morgan fingerprint density at radius 2 is 1.50 bits per heavy atom. The quantitative estimate of drug-likeness (QED) is 0.558. The minimum absolute atomic E-state index is 0.0864. The van der Waals surface area contributed by atoms with E-state index < -0.39 is 30.0 Å². The van der Waals surface area contributed by atoms with Crippen LogP contribution in [0.3, 0.4) is 0 Å². The van der Waals surface area contributed by atoms with Crippen LogP contribution in [0.2, 0.25) is 0 Å². The van der Waals surface area contributed by atoms with Crippen LogP contribution in [0, 0.1) is 5.92 Å². The zero-order valence-electron chi connectivity index (χ0n) is 17.3. The summed E-state index contributed by atoms with van der Waals surface area (Å²) in [5.74, 6) is -1.23. The smallest absolute Gasteiger partial charge is 0.408 e. The predicted octanol–water partition coefficient (Wildman–Crippen LogP) is 2.54. The minimum Gasteiger partial charge on any atom is -0.445 e. The first-order valence-electron chi connectivity index (χ1n) is 10.0. The number of carbonyl (C=O) groups is 3. The van der Waals surface area contributed by atoms with Crippen molar-refractivity contribution in [1.29, 1.82) is 0 Å². The standard InChI is InChI=1S/C23H29N3O4/c1-3-16(2)20(21(24)27)26-22(28)19(14-17-10-6-4-7-11-17)25-23(29)30-15-18-12-8-5-9-13-18/h4-13,16,19-20H,3,14-15H2,1-2H3,(H2,24,27)(H,25,29)(H,26,28)/t16-,19+,20+/m1/s1. The van der Waals surface area contributed by atoms with Crippen LogP contribution in [0.1, 0.15) is 31.4 Å². The van der Waals surface area contributed by atoms with Crippen molar-refractivity contribution in [3.8, 4) is 0 Å². The molecule has 0 aliphatic heterocycles. The van der Waals surface area contributed by atoms with Gasteiger partial charge >= 0.3 is 6.09 Å². The number of nitrogens with two attached hydrogens (primary N) is 1. The maximum absolute atomic E-state index is 12.9. The van der Waals surface area contributed by atoms with Crippen molar-refractivity contribution in [2.75, 3.05) is 0 Å². The van der Waals surface area contributed by atoms with Crippen molar-refractivity contribution in [2.24, 2.45) is 11.7 Å². The molecule has 0 bridgehead atoms. The molecule has 2 aromatic carbocycles. The largest absolute Gasteiger partial charge is 0.445 e. The average Bonchev–Trinajstić information content (AvgIpc) is 2.76. The van der Waals surface area contributed by atoms with E-state index in [0.717, 1.165) is 11.1 Å². The lowest BCUT2D eigenvalue weighted by molar-refractivity contribution is -0.129. The second-order valence-corrected chi connectivity index (χ2v) is 7.22. The molecule has 0 aromatic heterocycles. The normalized spacial score (nSPS) is 13.5. The lowest BCUT2D eigenvalue weighted by atomic mass is 9.97. The van der Waals surface area contributed by atoms with Crippen molar-refractivity contribution in [3.63, 3.8) is 0 Å². The molecule has 0 saturated carbocycles. The van der Waals surface area contributed by atoms with Gasteiger partial charge in [-0.25, -0.2) is 4.79 Å². The molecule has 0 saturated heterocycles. The molecule has 0 aliphatic carbocycles. The van der Waals surface area contributed by atoms with Crippen LogP contribution in [0.25, 0.3) is 0 Å². The second kappa shape index (κ2) is 11.6. The number of nitrogens with one attached hydrogen (secondary N) is 2. The van der Waals surface area contributed by atoms with Crippen LogP contribution in [0.4, 0.5) is 4.79 Å². The molecule has 4 N–H and O–H groups in total. The molecule has 7 nitrogen and oxygen atoms in total. The Bertz CT molecular complexity index is 827. The molecule has 160 valence electrons. The van der Waals surface area contributed by atoms with Crippen LogP contribution in [0.15, 0.2) is 60.7 Å². The van der Waals surface area contributed by atoms with Crippen molar-refractivity contribution < 1.29 is 19.1 Å². The Kier molecular flexibility index (Phi) is 8.87. The maximum Gasteiger partial charge on any atom is 0.408 e. The van der Waals surface area contributed by atoms with Gasteiger partial charge in [0.25, 0.3) is 0 Å². The second-order valence-electron chi connectivity index (χ2n) is 7.22. The van der Waals surface area contributed by atoms with E-state index in [-0.39, 0.29) is 18.9 Å². The van der Waals surface area contributed by atoms with E-state index in [1.807, 2.05) is 74.5 Å². The van der Waals surface area contributed by atoms with Crippen LogP contribution >= 0.6 is 0 Å². The first kappa shape index (κ1) is 22.9. The fraction of sp³-hybridized carbons (Fsp3) is 0.348. The van der Waals surface area contributed by atoms with Crippen molar-refractivity contribution in [3.05, 3.63) is 71.8 Å². The first-order valence-corrected chi connectivity index (χ1v) is 10.0. The van der Waals surface area contributed by atoms with Gasteiger partial charge in [0.2, 0.25) is 11.8 Å².